The van der Waals surface area contributed by atoms with Crippen LogP contribution in [0.2, 0.25) is 0 Å². The first kappa shape index (κ1) is 16.2. The maximum absolute atomic E-state index is 13.8. The van der Waals surface area contributed by atoms with Crippen LogP contribution in [0.1, 0.15) is 17.3 Å². The highest BCUT2D eigenvalue weighted by Crippen LogP contribution is 2.23. The Morgan fingerprint density at radius 2 is 2.05 bits per heavy atom. The predicted octanol–water partition coefficient (Wildman–Crippen LogP) is 1.62. The van der Waals surface area contributed by atoms with Crippen molar-refractivity contribution in [2.24, 2.45) is 0 Å². The second-order valence-electron chi connectivity index (χ2n) is 3.92. The summed E-state index contributed by atoms with van der Waals surface area (Å²) in [4.78, 5) is 11.7. The number of carbonyl (C=O) groups excluding carboxylic acids is 1. The molecule has 0 radical (unpaired) electrons. The normalized spacial score (nSPS) is 10.7. The van der Waals surface area contributed by atoms with E-state index in [1.807, 2.05) is 0 Å². The molecule has 0 atom stereocenters. The molecule has 112 valence electrons. The van der Waals surface area contributed by atoms with Gasteiger partial charge >= 0.3 is 5.97 Å². The molecule has 1 aromatic rings. The Morgan fingerprint density at radius 3 is 2.60 bits per heavy atom. The third-order valence-electron chi connectivity index (χ3n) is 2.62. The molecule has 6 nitrogen and oxygen atoms in total. The molecule has 0 bridgehead atoms. The molecular formula is C13H19FN2O4. The second-order valence-corrected chi connectivity index (χ2v) is 3.92. The van der Waals surface area contributed by atoms with Crippen molar-refractivity contribution in [1.82, 2.24) is 0 Å². The van der Waals surface area contributed by atoms with E-state index in [1.165, 1.54) is 20.3 Å². The van der Waals surface area contributed by atoms with Crippen molar-refractivity contribution in [2.75, 3.05) is 38.4 Å². The lowest BCUT2D eigenvalue weighted by molar-refractivity contribution is -0.0914. The third kappa shape index (κ3) is 4.07. The summed E-state index contributed by atoms with van der Waals surface area (Å²) in [5.41, 5.74) is 5.88. The first-order valence-corrected chi connectivity index (χ1v) is 6.09. The lowest BCUT2D eigenvalue weighted by Crippen LogP contribution is -2.24. The molecule has 1 aromatic carbocycles. The molecular weight excluding hydrogens is 267 g/mol. The summed E-state index contributed by atoms with van der Waals surface area (Å²) >= 11 is 0. The lowest BCUT2D eigenvalue weighted by atomic mass is 10.1. The predicted molar refractivity (Wildman–Crippen MR) is 73.1 cm³/mol. The summed E-state index contributed by atoms with van der Waals surface area (Å²) in [7, 11) is 2.94. The number of esters is 1. The van der Waals surface area contributed by atoms with Crippen LogP contribution in [0.5, 0.6) is 0 Å². The molecule has 0 saturated heterocycles. The van der Waals surface area contributed by atoms with Gasteiger partial charge in [0.2, 0.25) is 0 Å². The number of methoxy groups -OCH3 is 2. The van der Waals surface area contributed by atoms with Gasteiger partial charge in [0, 0.05) is 19.9 Å². The highest BCUT2D eigenvalue weighted by molar-refractivity contribution is 5.96. The van der Waals surface area contributed by atoms with Crippen LogP contribution in [0.3, 0.4) is 0 Å². The number of ether oxygens (including phenoxy) is 3. The van der Waals surface area contributed by atoms with E-state index < -0.39 is 18.1 Å². The van der Waals surface area contributed by atoms with Crippen LogP contribution < -0.4 is 11.1 Å². The lowest BCUT2D eigenvalue weighted by Gasteiger charge is -2.16. The number of hydrogen-bond donors (Lipinski definition) is 2. The molecule has 0 amide bonds. The largest absolute Gasteiger partial charge is 0.462 e. The van der Waals surface area contributed by atoms with Gasteiger partial charge < -0.3 is 25.3 Å². The van der Waals surface area contributed by atoms with E-state index in [-0.39, 0.29) is 30.1 Å². The molecule has 1 rings (SSSR count). The van der Waals surface area contributed by atoms with Crippen molar-refractivity contribution in [1.29, 1.82) is 0 Å². The summed E-state index contributed by atoms with van der Waals surface area (Å²) in [6.07, 6.45) is -0.530. The van der Waals surface area contributed by atoms with Gasteiger partial charge in [0.05, 0.1) is 24.4 Å². The van der Waals surface area contributed by atoms with E-state index in [0.29, 0.717) is 0 Å². The molecule has 0 aromatic heterocycles. The fraction of sp³-hybridized carbons (Fsp3) is 0.462. The molecule has 3 N–H and O–H groups in total. The molecule has 0 aliphatic carbocycles. The molecule has 0 unspecified atom stereocenters. The fourth-order valence-electron chi connectivity index (χ4n) is 1.57. The van der Waals surface area contributed by atoms with Crippen LogP contribution in [0.15, 0.2) is 12.1 Å². The number of anilines is 2. The van der Waals surface area contributed by atoms with Crippen molar-refractivity contribution in [2.45, 2.75) is 13.2 Å². The molecule has 7 heteroatoms. The summed E-state index contributed by atoms with van der Waals surface area (Å²) in [6.45, 7) is 2.11. The van der Waals surface area contributed by atoms with E-state index in [1.54, 1.807) is 6.92 Å². The highest BCUT2D eigenvalue weighted by Gasteiger charge is 2.16. The molecule has 0 spiro atoms. The zero-order chi connectivity index (χ0) is 15.1. The molecule has 0 heterocycles. The first-order valence-electron chi connectivity index (χ1n) is 6.09. The van der Waals surface area contributed by atoms with Crippen LogP contribution in [-0.4, -0.2) is 39.6 Å². The minimum Gasteiger partial charge on any atom is -0.462 e. The number of carbonyl (C=O) groups is 1. The van der Waals surface area contributed by atoms with Crippen LogP contribution in [-0.2, 0) is 14.2 Å². The Balaban J connectivity index is 2.91. The smallest absolute Gasteiger partial charge is 0.340 e. The maximum Gasteiger partial charge on any atom is 0.340 e. The molecule has 0 aliphatic heterocycles. The van der Waals surface area contributed by atoms with Gasteiger partial charge in [0.1, 0.15) is 5.82 Å². The van der Waals surface area contributed by atoms with Gasteiger partial charge in [0.15, 0.2) is 6.29 Å². The second kappa shape index (κ2) is 7.66. The summed E-state index contributed by atoms with van der Waals surface area (Å²) < 4.78 is 28.6. The molecule has 20 heavy (non-hydrogen) atoms. The fourth-order valence-corrected chi connectivity index (χ4v) is 1.57. The monoisotopic (exact) mass is 286 g/mol. The zero-order valence-corrected chi connectivity index (χ0v) is 11.7. The quantitative estimate of drug-likeness (QED) is 0.450. The van der Waals surface area contributed by atoms with E-state index in [2.05, 4.69) is 5.32 Å². The van der Waals surface area contributed by atoms with Gasteiger partial charge in [-0.05, 0) is 19.1 Å². The average molecular weight is 286 g/mol. The highest BCUT2D eigenvalue weighted by atomic mass is 19.1. The number of benzene rings is 1. The van der Waals surface area contributed by atoms with Crippen LogP contribution in [0.25, 0.3) is 0 Å². The molecule has 0 saturated carbocycles. The Kier molecular flexibility index (Phi) is 6.20. The van der Waals surface area contributed by atoms with Crippen molar-refractivity contribution in [3.63, 3.8) is 0 Å². The Morgan fingerprint density at radius 1 is 1.40 bits per heavy atom. The van der Waals surface area contributed by atoms with Crippen molar-refractivity contribution in [3.8, 4) is 0 Å². The minimum absolute atomic E-state index is 0.0292. The number of nitrogens with two attached hydrogens (primary N) is 1. The van der Waals surface area contributed by atoms with Gasteiger partial charge in [-0.2, -0.15) is 0 Å². The third-order valence-corrected chi connectivity index (χ3v) is 2.62. The van der Waals surface area contributed by atoms with Crippen molar-refractivity contribution < 1.29 is 23.4 Å². The van der Waals surface area contributed by atoms with Gasteiger partial charge in [0.25, 0.3) is 0 Å². The topological polar surface area (TPSA) is 82.8 Å². The summed E-state index contributed by atoms with van der Waals surface area (Å²) in [6, 6.07) is 2.38. The minimum atomic E-state index is -0.594. The van der Waals surface area contributed by atoms with Gasteiger partial charge in [-0.1, -0.05) is 0 Å². The number of hydrogen-bond acceptors (Lipinski definition) is 6. The first-order chi connectivity index (χ1) is 9.53. The van der Waals surface area contributed by atoms with Gasteiger partial charge in [-0.15, -0.1) is 0 Å². The Hall–Kier alpha value is -1.86. The van der Waals surface area contributed by atoms with E-state index in [4.69, 9.17) is 19.9 Å². The van der Waals surface area contributed by atoms with Crippen molar-refractivity contribution >= 4 is 17.3 Å². The van der Waals surface area contributed by atoms with Gasteiger partial charge in [-0.3, -0.25) is 0 Å². The van der Waals surface area contributed by atoms with Crippen molar-refractivity contribution in [3.05, 3.63) is 23.5 Å². The Labute approximate surface area is 117 Å². The zero-order valence-electron chi connectivity index (χ0n) is 11.7. The number of halogens is 1. The SMILES string of the molecule is CCOC(=O)c1cc(NCC(OC)OC)c(F)cc1N. The molecule has 0 fully saturated rings. The van der Waals surface area contributed by atoms with E-state index >= 15 is 0 Å². The standard InChI is InChI=1S/C13H19FN2O4/c1-4-20-13(17)8-5-11(9(14)6-10(8)15)16-7-12(18-2)19-3/h5-6,12,16H,4,7,15H2,1-3H3. The maximum atomic E-state index is 13.8. The number of nitrogens with one attached hydrogen (secondary N) is 1. The van der Waals surface area contributed by atoms with Crippen LogP contribution >= 0.6 is 0 Å². The summed E-state index contributed by atoms with van der Waals surface area (Å²) in [5, 5.41) is 2.79. The Bertz CT molecular complexity index is 464. The summed E-state index contributed by atoms with van der Waals surface area (Å²) in [5.74, 6) is -1.16. The van der Waals surface area contributed by atoms with Crippen LogP contribution in [0, 0.1) is 5.82 Å². The van der Waals surface area contributed by atoms with E-state index in [0.717, 1.165) is 6.07 Å². The van der Waals surface area contributed by atoms with Gasteiger partial charge in [-0.25, -0.2) is 9.18 Å². The number of nitrogen functional groups attached to an aromatic ring is 1. The molecule has 0 aliphatic rings. The average Bonchev–Trinajstić information content (AvgIpc) is 2.42. The van der Waals surface area contributed by atoms with E-state index in [9.17, 15) is 9.18 Å². The number of rotatable bonds is 7. The van der Waals surface area contributed by atoms with Crippen LogP contribution in [0.4, 0.5) is 15.8 Å².